The largest absolute Gasteiger partial charge is 0.350 e. The van der Waals surface area contributed by atoms with Crippen molar-refractivity contribution in [3.05, 3.63) is 42.0 Å². The number of carbonyl (C=O) groups is 1. The number of rotatable bonds is 4. The van der Waals surface area contributed by atoms with Crippen molar-refractivity contribution < 1.29 is 4.79 Å². The van der Waals surface area contributed by atoms with Crippen LogP contribution >= 0.6 is 0 Å². The number of hydrogen-bond donors (Lipinski definition) is 0. The molecule has 0 radical (unpaired) electrons. The summed E-state index contributed by atoms with van der Waals surface area (Å²) in [6.45, 7) is 10.6. The Morgan fingerprint density at radius 1 is 1.21 bits per heavy atom. The fourth-order valence-electron chi connectivity index (χ4n) is 4.85. The molecule has 5 rings (SSSR count). The molecule has 34 heavy (non-hydrogen) atoms. The van der Waals surface area contributed by atoms with Gasteiger partial charge < -0.3 is 9.80 Å². The highest BCUT2D eigenvalue weighted by atomic mass is 16.2. The Hall–Kier alpha value is -3.47. The summed E-state index contributed by atoms with van der Waals surface area (Å²) in [5.41, 5.74) is 2.61. The van der Waals surface area contributed by atoms with Crippen LogP contribution in [0.3, 0.4) is 0 Å². The maximum absolute atomic E-state index is 12.8. The molecule has 3 aromatic rings. The number of piperazine rings is 1. The van der Waals surface area contributed by atoms with Gasteiger partial charge >= 0.3 is 0 Å². The second kappa shape index (κ2) is 8.39. The number of pyridine rings is 1. The average Bonchev–Trinajstić information content (AvgIpc) is 3.57. The Balaban J connectivity index is 1.51. The fraction of sp³-hybridized carbons (Fsp3) is 0.500. The van der Waals surface area contributed by atoms with Crippen molar-refractivity contribution in [2.75, 3.05) is 24.5 Å². The lowest BCUT2D eigenvalue weighted by atomic mass is 9.91. The van der Waals surface area contributed by atoms with Crippen molar-refractivity contribution >= 4 is 22.8 Å². The van der Waals surface area contributed by atoms with E-state index >= 15 is 0 Å². The predicted molar refractivity (Wildman–Crippen MR) is 131 cm³/mol. The van der Waals surface area contributed by atoms with E-state index in [-0.39, 0.29) is 17.4 Å². The van der Waals surface area contributed by atoms with Gasteiger partial charge in [0.15, 0.2) is 5.65 Å². The molecule has 1 aliphatic carbocycles. The summed E-state index contributed by atoms with van der Waals surface area (Å²) in [6.07, 6.45) is 8.27. The van der Waals surface area contributed by atoms with E-state index in [9.17, 15) is 10.1 Å². The molecule has 1 saturated heterocycles. The molecule has 4 heterocycles. The van der Waals surface area contributed by atoms with Gasteiger partial charge in [-0.05, 0) is 48.8 Å². The normalized spacial score (nSPS) is 18.9. The van der Waals surface area contributed by atoms with Gasteiger partial charge in [-0.15, -0.1) is 0 Å². The zero-order valence-corrected chi connectivity index (χ0v) is 20.3. The van der Waals surface area contributed by atoms with Gasteiger partial charge in [0, 0.05) is 44.5 Å². The zero-order valence-electron chi connectivity index (χ0n) is 20.3. The minimum absolute atomic E-state index is 0.0186. The van der Waals surface area contributed by atoms with E-state index in [1.54, 1.807) is 24.7 Å². The van der Waals surface area contributed by atoms with Crippen LogP contribution < -0.4 is 4.90 Å². The zero-order chi connectivity index (χ0) is 24.0. The minimum Gasteiger partial charge on any atom is -0.350 e. The SMILES string of the molecule is C[C@H]1CN(C(=O)CC(C)(C)C)CCN1c1ncnc2c1c(C1CC1)cn2-c1cc(C#N)ccn1. The van der Waals surface area contributed by atoms with E-state index in [0.29, 0.717) is 36.8 Å². The van der Waals surface area contributed by atoms with E-state index in [1.165, 1.54) is 5.56 Å². The van der Waals surface area contributed by atoms with Gasteiger partial charge in [-0.1, -0.05) is 20.8 Å². The van der Waals surface area contributed by atoms with Gasteiger partial charge in [-0.25, -0.2) is 15.0 Å². The average molecular weight is 458 g/mol. The van der Waals surface area contributed by atoms with Crippen molar-refractivity contribution in [3.8, 4) is 11.9 Å². The Labute approximate surface area is 200 Å². The van der Waals surface area contributed by atoms with Gasteiger partial charge in [-0.3, -0.25) is 9.36 Å². The quantitative estimate of drug-likeness (QED) is 0.587. The molecule has 0 bridgehead atoms. The lowest BCUT2D eigenvalue weighted by Crippen LogP contribution is -2.54. The summed E-state index contributed by atoms with van der Waals surface area (Å²) in [6, 6.07) is 5.84. The molecule has 1 saturated carbocycles. The first kappa shape index (κ1) is 22.3. The number of nitrogens with zero attached hydrogens (tertiary/aromatic N) is 7. The maximum Gasteiger partial charge on any atom is 0.223 e. The van der Waals surface area contributed by atoms with Crippen molar-refractivity contribution in [3.63, 3.8) is 0 Å². The monoisotopic (exact) mass is 457 g/mol. The number of fused-ring (bicyclic) bond motifs is 1. The lowest BCUT2D eigenvalue weighted by Gasteiger charge is -2.41. The third-order valence-corrected chi connectivity index (χ3v) is 6.66. The van der Waals surface area contributed by atoms with Crippen LogP contribution in [0.1, 0.15) is 64.0 Å². The second-order valence-corrected chi connectivity index (χ2v) is 10.8. The van der Waals surface area contributed by atoms with Crippen molar-refractivity contribution in [2.45, 2.75) is 58.9 Å². The van der Waals surface area contributed by atoms with Gasteiger partial charge in [0.1, 0.15) is 18.0 Å². The smallest absolute Gasteiger partial charge is 0.223 e. The lowest BCUT2D eigenvalue weighted by molar-refractivity contribution is -0.133. The minimum atomic E-state index is -0.0186. The Bertz CT molecular complexity index is 1280. The molecule has 1 amide bonds. The third-order valence-electron chi connectivity index (χ3n) is 6.66. The number of carbonyl (C=O) groups excluding carboxylic acids is 1. The van der Waals surface area contributed by atoms with E-state index in [2.05, 4.69) is 54.8 Å². The highest BCUT2D eigenvalue weighted by molar-refractivity contribution is 5.93. The Morgan fingerprint density at radius 3 is 2.68 bits per heavy atom. The summed E-state index contributed by atoms with van der Waals surface area (Å²) >= 11 is 0. The molecule has 2 fully saturated rings. The first-order chi connectivity index (χ1) is 16.2. The number of amides is 1. The molecule has 0 unspecified atom stereocenters. The van der Waals surface area contributed by atoms with E-state index in [1.807, 2.05) is 9.47 Å². The molecule has 1 atom stereocenters. The fourth-order valence-corrected chi connectivity index (χ4v) is 4.85. The van der Waals surface area contributed by atoms with Crippen molar-refractivity contribution in [1.29, 1.82) is 5.26 Å². The van der Waals surface area contributed by atoms with Crippen LogP contribution in [0, 0.1) is 16.7 Å². The third kappa shape index (κ3) is 4.23. The molecule has 176 valence electrons. The van der Waals surface area contributed by atoms with Crippen molar-refractivity contribution in [1.82, 2.24) is 24.4 Å². The molecule has 1 aliphatic heterocycles. The van der Waals surface area contributed by atoms with Crippen molar-refractivity contribution in [2.24, 2.45) is 5.41 Å². The van der Waals surface area contributed by atoms with Gasteiger partial charge in [0.2, 0.25) is 5.91 Å². The standard InChI is InChI=1S/C26H31N7O/c1-17-14-31(22(34)12-26(2,3)4)9-10-32(17)24-23-20(19-5-6-19)15-33(25(23)30-16-29-24)21-11-18(13-27)7-8-28-21/h7-8,11,15-17,19H,5-6,9-10,12,14H2,1-4H3/t17-/m0/s1. The number of hydrogen-bond acceptors (Lipinski definition) is 6. The predicted octanol–water partition coefficient (Wildman–Crippen LogP) is 4.04. The summed E-state index contributed by atoms with van der Waals surface area (Å²) in [5, 5.41) is 10.4. The number of nitriles is 1. The topological polar surface area (TPSA) is 90.9 Å². The van der Waals surface area contributed by atoms with Crippen LogP contribution in [0.25, 0.3) is 16.9 Å². The highest BCUT2D eigenvalue weighted by Gasteiger charge is 2.34. The van der Waals surface area contributed by atoms with Crippen LogP contribution in [-0.4, -0.2) is 56.0 Å². The number of aromatic nitrogens is 4. The van der Waals surface area contributed by atoms with E-state index in [0.717, 1.165) is 36.2 Å². The molecule has 2 aliphatic rings. The molecule has 0 N–H and O–H groups in total. The van der Waals surface area contributed by atoms with Crippen LogP contribution in [0.4, 0.5) is 5.82 Å². The Morgan fingerprint density at radius 2 is 2.00 bits per heavy atom. The molecule has 8 nitrogen and oxygen atoms in total. The summed E-state index contributed by atoms with van der Waals surface area (Å²) < 4.78 is 1.99. The van der Waals surface area contributed by atoms with Gasteiger partial charge in [-0.2, -0.15) is 5.26 Å². The molecular weight excluding hydrogens is 426 g/mol. The van der Waals surface area contributed by atoms with Gasteiger partial charge in [0.25, 0.3) is 0 Å². The highest BCUT2D eigenvalue weighted by Crippen LogP contribution is 2.46. The van der Waals surface area contributed by atoms with Crippen LogP contribution in [0.5, 0.6) is 0 Å². The van der Waals surface area contributed by atoms with E-state index in [4.69, 9.17) is 4.98 Å². The molecular formula is C26H31N7O. The molecule has 3 aromatic heterocycles. The first-order valence-electron chi connectivity index (χ1n) is 12.0. The summed E-state index contributed by atoms with van der Waals surface area (Å²) in [5.74, 6) is 2.33. The van der Waals surface area contributed by atoms with Crippen LogP contribution in [0.15, 0.2) is 30.9 Å². The molecule has 0 aromatic carbocycles. The first-order valence-corrected chi connectivity index (χ1v) is 12.0. The summed E-state index contributed by atoms with van der Waals surface area (Å²) in [7, 11) is 0. The molecule has 0 spiro atoms. The molecule has 8 heteroatoms. The number of anilines is 1. The summed E-state index contributed by atoms with van der Waals surface area (Å²) in [4.78, 5) is 31.0. The van der Waals surface area contributed by atoms with Gasteiger partial charge in [0.05, 0.1) is 17.0 Å². The second-order valence-electron chi connectivity index (χ2n) is 10.8. The maximum atomic E-state index is 12.8. The van der Waals surface area contributed by atoms with Crippen LogP contribution in [0.2, 0.25) is 0 Å². The van der Waals surface area contributed by atoms with E-state index < -0.39 is 0 Å². The van der Waals surface area contributed by atoms with Crippen LogP contribution in [-0.2, 0) is 4.79 Å². The Kier molecular flexibility index (Phi) is 5.51.